The first-order chi connectivity index (χ1) is 59.2. The normalized spacial score (nSPS) is 12.2. The van der Waals surface area contributed by atoms with Crippen molar-refractivity contribution >= 4 is 113 Å². The van der Waals surface area contributed by atoms with Crippen LogP contribution in [0.15, 0.2) is 117 Å². The number of pyridine rings is 2. The topological polar surface area (TPSA) is 570 Å². The van der Waals surface area contributed by atoms with Gasteiger partial charge in [-0.2, -0.15) is 9.44 Å². The van der Waals surface area contributed by atoms with E-state index in [9.17, 15) is 84.6 Å². The zero-order chi connectivity index (χ0) is 90.0. The number of aryl methyl sites for hydroxylation is 8. The van der Waals surface area contributed by atoms with Crippen LogP contribution in [0.3, 0.4) is 0 Å². The zero-order valence-corrected chi connectivity index (χ0v) is 71.8. The summed E-state index contributed by atoms with van der Waals surface area (Å²) in [6.07, 6.45) is 11.5. The highest BCUT2D eigenvalue weighted by Gasteiger charge is 2.32. The largest absolute Gasteiger partial charge is 0.480 e. The molecule has 0 aliphatic carbocycles. The third-order valence-electron chi connectivity index (χ3n) is 19.7. The molecule has 8 amide bonds. The predicted molar refractivity (Wildman–Crippen MR) is 461 cm³/mol. The number of rotatable bonds is 54. The van der Waals surface area contributed by atoms with Crippen molar-refractivity contribution in [3.05, 3.63) is 174 Å². The molecular weight excluding hydrogens is 1650 g/mol. The second-order valence-corrected chi connectivity index (χ2v) is 33.1. The van der Waals surface area contributed by atoms with Gasteiger partial charge in [0.15, 0.2) is 11.9 Å². The van der Waals surface area contributed by atoms with Crippen molar-refractivity contribution in [3.8, 4) is 0 Å². The lowest BCUT2D eigenvalue weighted by Crippen LogP contribution is -2.49. The van der Waals surface area contributed by atoms with Crippen molar-refractivity contribution in [2.45, 2.75) is 173 Å². The molecule has 0 bridgehead atoms. The summed E-state index contributed by atoms with van der Waals surface area (Å²) in [7, 11) is -8.74. The van der Waals surface area contributed by atoms with Gasteiger partial charge in [-0.05, 0) is 144 Å². The molecule has 0 fully saturated rings. The Morgan fingerprint density at radius 3 is 1.14 bits per heavy atom. The van der Waals surface area contributed by atoms with Gasteiger partial charge in [-0.3, -0.25) is 57.5 Å². The number of hydrogen-bond acceptors (Lipinski definition) is 23. The molecule has 4 aromatic carbocycles. The number of nitrogens with zero attached hydrogens (tertiary/aromatic N) is 4. The Morgan fingerprint density at radius 2 is 0.798 bits per heavy atom. The summed E-state index contributed by atoms with van der Waals surface area (Å²) >= 11 is 0. The Morgan fingerprint density at radius 1 is 0.460 bits per heavy atom. The van der Waals surface area contributed by atoms with Crippen LogP contribution in [0, 0.1) is 41.5 Å². The second kappa shape index (κ2) is 48.0. The first-order valence-electron chi connectivity index (χ1n) is 40.7. The number of sulfonamides is 2. The molecule has 3 atom stereocenters. The van der Waals surface area contributed by atoms with Crippen LogP contribution in [-0.4, -0.2) is 212 Å². The quantitative estimate of drug-likeness (QED) is 0.0244. The summed E-state index contributed by atoms with van der Waals surface area (Å²) in [6, 6.07) is 12.2. The lowest BCUT2D eigenvalue weighted by molar-refractivity contribution is -0.139. The van der Waals surface area contributed by atoms with E-state index in [2.05, 4.69) is 82.5 Å². The zero-order valence-electron chi connectivity index (χ0n) is 70.2. The molecule has 41 heteroatoms. The van der Waals surface area contributed by atoms with Crippen LogP contribution in [-0.2, 0) is 94.1 Å². The van der Waals surface area contributed by atoms with Gasteiger partial charge in [0, 0.05) is 185 Å². The molecule has 0 spiro atoms. The molecule has 4 heterocycles. The van der Waals surface area contributed by atoms with E-state index in [0.29, 0.717) is 136 Å². The molecule has 0 radical (unpaired) electrons. The van der Waals surface area contributed by atoms with Gasteiger partial charge in [-0.1, -0.05) is 47.5 Å². The Balaban J connectivity index is 0.631. The Labute approximate surface area is 716 Å². The number of carboxylic acid groups (broad SMARTS) is 2. The van der Waals surface area contributed by atoms with Gasteiger partial charge in [0.25, 0.3) is 11.8 Å². The van der Waals surface area contributed by atoms with Crippen LogP contribution < -0.4 is 79.2 Å². The third kappa shape index (κ3) is 30.3. The van der Waals surface area contributed by atoms with Crippen molar-refractivity contribution in [1.82, 2.24) is 81.0 Å². The number of carbonyl (C=O) groups is 10. The number of nitrogens with one attached hydrogen (secondary N) is 14. The minimum Gasteiger partial charge on any atom is -0.480 e. The molecule has 124 heavy (non-hydrogen) atoms. The van der Waals surface area contributed by atoms with Gasteiger partial charge < -0.3 is 97.7 Å². The molecule has 8 rings (SSSR count). The summed E-state index contributed by atoms with van der Waals surface area (Å²) in [5.41, 5.74) is 9.77. The van der Waals surface area contributed by atoms with Gasteiger partial charge in [-0.25, -0.2) is 26.8 Å². The molecule has 18 N–H and O–H groups in total. The highest BCUT2D eigenvalue weighted by Crippen LogP contribution is 2.25. The second-order valence-electron chi connectivity index (χ2n) is 29.8. The highest BCUT2D eigenvalue weighted by atomic mass is 32.2. The molecule has 0 saturated heterocycles. The van der Waals surface area contributed by atoms with Crippen LogP contribution in [0.4, 0.5) is 11.9 Å². The van der Waals surface area contributed by atoms with E-state index in [1.165, 1.54) is 12.4 Å². The molecule has 8 aromatic rings. The standard InChI is InChI=1S/C83H111N19O20S2/c1-51-39-53(3)75(54(4)40-51)123(117,118)99-64(80(113)114)47-95-77(110)61-49-101(66-43-57(13-15-59(66)73(61)108)45-97-82-91-29-30-92-82)33-7-23-85-69(104)19-21-71(106)88-26-10-36-121-35-9-25-87-68(103)18-17-63(84)79(112)90-28-12-38-122-37-11-27-89-72(107)22-20-70(105)86-24-8-34-102-50-62(74(109)60-16-14-58(44-67(60)102)46-98-83-93-31-32-94-83)78(111)96-48-65(81(115)116)100-124(119,120)76-55(5)41-52(2)42-56(76)6/h13-16,29-32,39-44,49-50,63-65,99-100H,7-12,17-28,33-38,45-48,84H2,1-6H3,(H,85,104)(H,86,105)(H,87,103)(H,88,106)(H,89,107)(H,90,112)(H,95,110)(H,96,111)(H,113,114)(H,115,116)(H2,91,92,97)(H2,93,94,98)/t63?,64-,65-/m0/s1. The van der Waals surface area contributed by atoms with Crippen LogP contribution in [0.25, 0.3) is 21.8 Å². The van der Waals surface area contributed by atoms with Crippen LogP contribution in [0.1, 0.15) is 142 Å². The maximum atomic E-state index is 13.9. The monoisotopic (exact) mass is 1760 g/mol. The van der Waals surface area contributed by atoms with Crippen LogP contribution in [0.2, 0.25) is 0 Å². The Hall–Kier alpha value is -12.3. The molecule has 39 nitrogen and oxygen atoms in total. The number of benzene rings is 4. The summed E-state index contributed by atoms with van der Waals surface area (Å²) in [4.78, 5) is 170. The number of imidazole rings is 2. The van der Waals surface area contributed by atoms with E-state index in [-0.39, 0.29) is 139 Å². The number of ether oxygens (including phenoxy) is 2. The number of carbonyl (C=O) groups excluding carboxylic acids is 8. The number of H-pyrrole nitrogens is 2. The number of fused-ring (bicyclic) bond motifs is 2. The van der Waals surface area contributed by atoms with E-state index in [0.717, 1.165) is 22.3 Å². The van der Waals surface area contributed by atoms with Crippen molar-refractivity contribution < 1.29 is 84.5 Å². The summed E-state index contributed by atoms with van der Waals surface area (Å²) < 4.78 is 72.8. The molecule has 1 unspecified atom stereocenters. The summed E-state index contributed by atoms with van der Waals surface area (Å²) in [5.74, 6) is -6.14. The highest BCUT2D eigenvalue weighted by molar-refractivity contribution is 7.90. The number of amides is 8. The summed E-state index contributed by atoms with van der Waals surface area (Å²) in [5, 5.41) is 48.1. The van der Waals surface area contributed by atoms with E-state index in [1.54, 1.807) is 136 Å². The molecular formula is C83H111N19O20S2. The number of aliphatic carboxylic acids is 2. The van der Waals surface area contributed by atoms with Gasteiger partial charge in [0.05, 0.1) is 26.9 Å². The lowest BCUT2D eigenvalue weighted by atomic mass is 10.1. The fourth-order valence-corrected chi connectivity index (χ4v) is 17.0. The minimum absolute atomic E-state index is 0.0227. The molecule has 0 aliphatic rings. The van der Waals surface area contributed by atoms with Gasteiger partial charge in [0.1, 0.15) is 23.2 Å². The lowest BCUT2D eigenvalue weighted by Gasteiger charge is -2.19. The average molecular weight is 1760 g/mol. The fourth-order valence-electron chi connectivity index (χ4n) is 13.7. The number of hydrogen-bond donors (Lipinski definition) is 17. The maximum absolute atomic E-state index is 13.9. The molecule has 0 saturated carbocycles. The first kappa shape index (κ1) is 97.2. The van der Waals surface area contributed by atoms with Crippen molar-refractivity contribution in [2.75, 3.05) is 89.4 Å². The number of aromatic nitrogens is 6. The minimum atomic E-state index is -4.37. The van der Waals surface area contributed by atoms with Crippen LogP contribution >= 0.6 is 0 Å². The number of anilines is 2. The molecule has 0 aliphatic heterocycles. The Kier molecular flexibility index (Phi) is 37.6. The summed E-state index contributed by atoms with van der Waals surface area (Å²) in [6.45, 7) is 12.4. The predicted octanol–water partition coefficient (Wildman–Crippen LogP) is 2.60. The van der Waals surface area contributed by atoms with Gasteiger partial charge in [0.2, 0.25) is 66.3 Å². The molecule has 670 valence electrons. The number of carboxylic acids is 2. The Bertz CT molecular complexity index is 5400. The van der Waals surface area contributed by atoms with E-state index in [4.69, 9.17) is 15.2 Å². The first-order valence-corrected chi connectivity index (χ1v) is 43.7. The van der Waals surface area contributed by atoms with E-state index in [1.807, 2.05) is 0 Å². The average Bonchev–Trinajstić information content (AvgIpc) is 1.04. The van der Waals surface area contributed by atoms with Gasteiger partial charge in [-0.15, -0.1) is 0 Å². The van der Waals surface area contributed by atoms with Crippen LogP contribution in [0.5, 0.6) is 0 Å². The number of aromatic amines is 2. The van der Waals surface area contributed by atoms with Gasteiger partial charge >= 0.3 is 11.9 Å². The SMILES string of the molecule is Cc1cc(C)c(S(=O)(=O)N[C@@H](CNC(=O)c2cn(CCCNC(=O)CCC(=O)NCCCOCCCNC(=O)CCC(N)C(=O)NCCCOCCCNC(=O)CCC(=O)NCCCn3cc(C(=O)NC[C@H](NS(=O)(=O)c4c(C)cc(C)cc4C)C(=O)O)c(=O)c4ccc(CNc5ncc[nH]5)cc43)c3cc(CNc4ncc[nH]4)ccc3c2=O)C(=O)O)c(C)c1. The maximum Gasteiger partial charge on any atom is 0.323 e. The smallest absolute Gasteiger partial charge is 0.323 e. The van der Waals surface area contributed by atoms with E-state index >= 15 is 0 Å². The van der Waals surface area contributed by atoms with Crippen molar-refractivity contribution in [2.24, 2.45) is 5.73 Å². The number of nitrogens with two attached hydrogens (primary N) is 1. The molecule has 4 aromatic heterocycles. The van der Waals surface area contributed by atoms with E-state index < -0.39 is 91.8 Å². The van der Waals surface area contributed by atoms with Crippen molar-refractivity contribution in [3.63, 3.8) is 0 Å². The van der Waals surface area contributed by atoms with Crippen molar-refractivity contribution in [1.29, 1.82) is 0 Å². The fraction of sp³-hybridized carbons (Fsp3) is 0.446. The third-order valence-corrected chi connectivity index (χ3v) is 23.2.